The predicted octanol–water partition coefficient (Wildman–Crippen LogP) is 2.21. The number of carbonyl (C=O) groups is 1. The van der Waals surface area contributed by atoms with E-state index in [1.165, 1.54) is 12.8 Å². The van der Waals surface area contributed by atoms with Crippen molar-refractivity contribution in [3.63, 3.8) is 0 Å². The third kappa shape index (κ3) is 2.87. The maximum absolute atomic E-state index is 11.4. The molecule has 0 aromatic heterocycles. The van der Waals surface area contributed by atoms with Gasteiger partial charge in [-0.1, -0.05) is 25.8 Å². The largest absolute Gasteiger partial charge is 0.342 e. The van der Waals surface area contributed by atoms with Crippen LogP contribution in [0.4, 0.5) is 0 Å². The van der Waals surface area contributed by atoms with Gasteiger partial charge in [0.1, 0.15) is 0 Å². The highest BCUT2D eigenvalue weighted by molar-refractivity contribution is 5.78. The summed E-state index contributed by atoms with van der Waals surface area (Å²) in [5, 5.41) is 0. The number of hydrogen-bond donors (Lipinski definition) is 0. The second-order valence-electron chi connectivity index (χ2n) is 3.75. The van der Waals surface area contributed by atoms with E-state index in [1.54, 1.807) is 0 Å². The fourth-order valence-corrected chi connectivity index (χ4v) is 1.73. The summed E-state index contributed by atoms with van der Waals surface area (Å²) in [7, 11) is 0. The summed E-state index contributed by atoms with van der Waals surface area (Å²) in [5.74, 6) is 0.704. The maximum atomic E-state index is 11.4. The molecule has 1 aliphatic heterocycles. The number of amides is 1. The van der Waals surface area contributed by atoms with Crippen LogP contribution in [0, 0.1) is 5.92 Å². The van der Waals surface area contributed by atoms with Crippen LogP contribution in [0.3, 0.4) is 0 Å². The zero-order valence-electron chi connectivity index (χ0n) is 8.46. The minimum atomic E-state index is 0.306. The first-order valence-electron chi connectivity index (χ1n) is 5.18. The Bertz CT molecular complexity index is 189. The van der Waals surface area contributed by atoms with Crippen LogP contribution >= 0.6 is 0 Å². The number of nitrogens with zero attached hydrogens (tertiary/aromatic N) is 1. The van der Waals surface area contributed by atoms with E-state index >= 15 is 0 Å². The lowest BCUT2D eigenvalue weighted by atomic mass is 10.1. The van der Waals surface area contributed by atoms with Crippen molar-refractivity contribution in [2.24, 2.45) is 5.92 Å². The van der Waals surface area contributed by atoms with Crippen molar-refractivity contribution < 1.29 is 4.79 Å². The van der Waals surface area contributed by atoms with E-state index in [0.717, 1.165) is 19.5 Å². The molecule has 1 saturated heterocycles. The zero-order valence-corrected chi connectivity index (χ0v) is 8.46. The molecule has 74 valence electrons. The van der Waals surface area contributed by atoms with Crippen molar-refractivity contribution in [1.29, 1.82) is 0 Å². The molecule has 1 rings (SSSR count). The standard InChI is InChI=1S/C11H19NO/c1-3-5-6-7-12-9-10(4-2)8-11(12)13/h4,10H,2-3,5-9H2,1H3. The van der Waals surface area contributed by atoms with Gasteiger partial charge in [0.15, 0.2) is 0 Å². The summed E-state index contributed by atoms with van der Waals surface area (Å²) in [6, 6.07) is 0. The number of rotatable bonds is 5. The maximum Gasteiger partial charge on any atom is 0.223 e. The van der Waals surface area contributed by atoms with Crippen LogP contribution in [0.1, 0.15) is 32.6 Å². The van der Waals surface area contributed by atoms with Crippen LogP contribution in [0.25, 0.3) is 0 Å². The number of hydrogen-bond acceptors (Lipinski definition) is 1. The summed E-state index contributed by atoms with van der Waals surface area (Å²) in [5.41, 5.74) is 0. The average Bonchev–Trinajstić information content (AvgIpc) is 2.48. The summed E-state index contributed by atoms with van der Waals surface area (Å²) < 4.78 is 0. The lowest BCUT2D eigenvalue weighted by molar-refractivity contribution is -0.127. The molecule has 1 aliphatic rings. The third-order valence-corrected chi connectivity index (χ3v) is 2.61. The summed E-state index contributed by atoms with van der Waals surface area (Å²) >= 11 is 0. The molecule has 0 radical (unpaired) electrons. The Morgan fingerprint density at radius 1 is 1.62 bits per heavy atom. The van der Waals surface area contributed by atoms with E-state index < -0.39 is 0 Å². The van der Waals surface area contributed by atoms with Crippen molar-refractivity contribution in [3.8, 4) is 0 Å². The van der Waals surface area contributed by atoms with Gasteiger partial charge in [0.25, 0.3) is 0 Å². The van der Waals surface area contributed by atoms with E-state index in [4.69, 9.17) is 0 Å². The molecule has 1 unspecified atom stereocenters. The Balaban J connectivity index is 2.26. The van der Waals surface area contributed by atoms with Gasteiger partial charge < -0.3 is 4.90 Å². The highest BCUT2D eigenvalue weighted by atomic mass is 16.2. The second kappa shape index (κ2) is 5.05. The van der Waals surface area contributed by atoms with Crippen molar-refractivity contribution in [1.82, 2.24) is 4.90 Å². The van der Waals surface area contributed by atoms with E-state index in [2.05, 4.69) is 13.5 Å². The fourth-order valence-electron chi connectivity index (χ4n) is 1.73. The van der Waals surface area contributed by atoms with E-state index in [9.17, 15) is 4.79 Å². The van der Waals surface area contributed by atoms with Gasteiger partial charge in [-0.25, -0.2) is 0 Å². The Labute approximate surface area is 80.6 Å². The first-order valence-corrected chi connectivity index (χ1v) is 5.18. The average molecular weight is 181 g/mol. The minimum absolute atomic E-state index is 0.306. The van der Waals surface area contributed by atoms with Crippen molar-refractivity contribution >= 4 is 5.91 Å². The van der Waals surface area contributed by atoms with E-state index in [1.807, 2.05) is 11.0 Å². The highest BCUT2D eigenvalue weighted by Crippen LogP contribution is 2.18. The number of unbranched alkanes of at least 4 members (excludes halogenated alkanes) is 2. The molecule has 0 aliphatic carbocycles. The molecule has 0 spiro atoms. The molecule has 13 heavy (non-hydrogen) atoms. The molecule has 0 bridgehead atoms. The molecule has 2 heteroatoms. The van der Waals surface area contributed by atoms with Gasteiger partial charge in [0.2, 0.25) is 5.91 Å². The zero-order chi connectivity index (χ0) is 9.68. The summed E-state index contributed by atoms with van der Waals surface area (Å²) in [4.78, 5) is 13.4. The SMILES string of the molecule is C=CC1CC(=O)N(CCCCC)C1. The Kier molecular flexibility index (Phi) is 4.00. The van der Waals surface area contributed by atoms with Crippen molar-refractivity contribution in [3.05, 3.63) is 12.7 Å². The molecule has 1 atom stereocenters. The summed E-state index contributed by atoms with van der Waals surface area (Å²) in [6.07, 6.45) is 6.16. The molecule has 0 aromatic carbocycles. The van der Waals surface area contributed by atoms with Gasteiger partial charge in [-0.3, -0.25) is 4.79 Å². The van der Waals surface area contributed by atoms with Gasteiger partial charge in [0.05, 0.1) is 0 Å². The monoisotopic (exact) mass is 181 g/mol. The first-order chi connectivity index (χ1) is 6.27. The van der Waals surface area contributed by atoms with E-state index in [0.29, 0.717) is 18.2 Å². The normalized spacial score (nSPS) is 22.4. The van der Waals surface area contributed by atoms with E-state index in [-0.39, 0.29) is 0 Å². The lowest BCUT2D eigenvalue weighted by Gasteiger charge is -2.15. The molecule has 1 amide bonds. The minimum Gasteiger partial charge on any atom is -0.342 e. The highest BCUT2D eigenvalue weighted by Gasteiger charge is 2.26. The topological polar surface area (TPSA) is 20.3 Å². The molecular weight excluding hydrogens is 162 g/mol. The predicted molar refractivity (Wildman–Crippen MR) is 54.4 cm³/mol. The molecule has 0 N–H and O–H groups in total. The Hall–Kier alpha value is -0.790. The fraction of sp³-hybridized carbons (Fsp3) is 0.727. The first kappa shape index (κ1) is 10.3. The lowest BCUT2D eigenvalue weighted by Crippen LogP contribution is -2.26. The quantitative estimate of drug-likeness (QED) is 0.470. The molecule has 0 aromatic rings. The van der Waals surface area contributed by atoms with Crippen LogP contribution in [0.15, 0.2) is 12.7 Å². The number of carbonyl (C=O) groups excluding carboxylic acids is 1. The molecule has 1 heterocycles. The van der Waals surface area contributed by atoms with Crippen LogP contribution in [-0.2, 0) is 4.79 Å². The molecule has 2 nitrogen and oxygen atoms in total. The number of likely N-dealkylation sites (tertiary alicyclic amines) is 1. The third-order valence-electron chi connectivity index (χ3n) is 2.61. The van der Waals surface area contributed by atoms with Gasteiger partial charge in [0, 0.05) is 25.4 Å². The Morgan fingerprint density at radius 3 is 2.92 bits per heavy atom. The second-order valence-corrected chi connectivity index (χ2v) is 3.75. The van der Waals surface area contributed by atoms with Crippen LogP contribution in [0.2, 0.25) is 0 Å². The summed E-state index contributed by atoms with van der Waals surface area (Å²) in [6.45, 7) is 7.74. The molecule has 1 fully saturated rings. The van der Waals surface area contributed by atoms with Crippen LogP contribution < -0.4 is 0 Å². The smallest absolute Gasteiger partial charge is 0.223 e. The van der Waals surface area contributed by atoms with Gasteiger partial charge in [-0.05, 0) is 6.42 Å². The Morgan fingerprint density at radius 2 is 2.38 bits per heavy atom. The van der Waals surface area contributed by atoms with Gasteiger partial charge in [-0.15, -0.1) is 6.58 Å². The van der Waals surface area contributed by atoms with Gasteiger partial charge >= 0.3 is 0 Å². The molecule has 0 saturated carbocycles. The van der Waals surface area contributed by atoms with Crippen LogP contribution in [0.5, 0.6) is 0 Å². The van der Waals surface area contributed by atoms with Crippen LogP contribution in [-0.4, -0.2) is 23.9 Å². The van der Waals surface area contributed by atoms with Gasteiger partial charge in [-0.2, -0.15) is 0 Å². The van der Waals surface area contributed by atoms with Crippen molar-refractivity contribution in [2.75, 3.05) is 13.1 Å². The molecular formula is C11H19NO. The van der Waals surface area contributed by atoms with Crippen molar-refractivity contribution in [2.45, 2.75) is 32.6 Å².